The van der Waals surface area contributed by atoms with E-state index in [2.05, 4.69) is 0 Å². The van der Waals surface area contributed by atoms with Gasteiger partial charge in [0.25, 0.3) is 0 Å². The van der Waals surface area contributed by atoms with Crippen LogP contribution in [0.4, 0.5) is 8.78 Å². The maximum absolute atomic E-state index is 13.2. The Morgan fingerprint density at radius 2 is 2.08 bits per heavy atom. The molecule has 13 heavy (non-hydrogen) atoms. The van der Waals surface area contributed by atoms with Crippen LogP contribution in [0.3, 0.4) is 0 Å². The third-order valence-corrected chi connectivity index (χ3v) is 2.44. The lowest BCUT2D eigenvalue weighted by molar-refractivity contribution is 0.157. The topological polar surface area (TPSA) is 20.2 Å². The molecule has 0 saturated heterocycles. The Balaban J connectivity index is 2.47. The maximum Gasteiger partial charge on any atom is 0.129 e. The lowest BCUT2D eigenvalue weighted by atomic mass is 9.89. The van der Waals surface area contributed by atoms with Crippen molar-refractivity contribution in [2.24, 2.45) is 0 Å². The molecular formula is C10H10F2O. The number of hydrogen-bond donors (Lipinski definition) is 1. The molecule has 0 fully saturated rings. The second-order valence-electron chi connectivity index (χ2n) is 3.42. The number of hydrogen-bond acceptors (Lipinski definition) is 1. The maximum atomic E-state index is 13.2. The number of benzene rings is 1. The Hall–Kier alpha value is -0.960. The molecular weight excluding hydrogens is 174 g/mol. The first-order chi connectivity index (χ1) is 6.16. The summed E-state index contributed by atoms with van der Waals surface area (Å²) in [5.74, 6) is -1.07. The van der Waals surface area contributed by atoms with E-state index in [1.807, 2.05) is 0 Å². The van der Waals surface area contributed by atoms with Gasteiger partial charge >= 0.3 is 0 Å². The molecule has 1 aromatic rings. The number of aliphatic hydroxyl groups is 1. The van der Waals surface area contributed by atoms with Crippen molar-refractivity contribution < 1.29 is 13.9 Å². The Morgan fingerprint density at radius 3 is 2.85 bits per heavy atom. The standard InChI is InChI=1S/C10H10F2O/c11-7-3-6-1-2-8(13)5-9(6)10(12)4-7/h3-4,8,13H,1-2,5H2. The normalized spacial score (nSPS) is 21.3. The van der Waals surface area contributed by atoms with E-state index in [0.717, 1.165) is 6.07 Å². The van der Waals surface area contributed by atoms with E-state index in [-0.39, 0.29) is 0 Å². The third-order valence-electron chi connectivity index (χ3n) is 2.44. The summed E-state index contributed by atoms with van der Waals surface area (Å²) in [4.78, 5) is 0. The number of fused-ring (bicyclic) bond motifs is 1. The van der Waals surface area contributed by atoms with Gasteiger partial charge in [-0.2, -0.15) is 0 Å². The third kappa shape index (κ3) is 1.56. The average Bonchev–Trinajstić information content (AvgIpc) is 2.06. The van der Waals surface area contributed by atoms with Crippen LogP contribution in [0.25, 0.3) is 0 Å². The summed E-state index contributed by atoms with van der Waals surface area (Å²) >= 11 is 0. The smallest absolute Gasteiger partial charge is 0.129 e. The van der Waals surface area contributed by atoms with Gasteiger partial charge in [0, 0.05) is 12.5 Å². The summed E-state index contributed by atoms with van der Waals surface area (Å²) in [5, 5.41) is 9.29. The fourth-order valence-corrected chi connectivity index (χ4v) is 1.77. The molecule has 1 atom stereocenters. The van der Waals surface area contributed by atoms with Gasteiger partial charge in [-0.1, -0.05) is 0 Å². The molecule has 0 saturated carbocycles. The van der Waals surface area contributed by atoms with Gasteiger partial charge in [-0.3, -0.25) is 0 Å². The minimum atomic E-state index is -0.535. The lowest BCUT2D eigenvalue weighted by Gasteiger charge is -2.20. The zero-order chi connectivity index (χ0) is 9.42. The molecule has 1 aliphatic carbocycles. The molecule has 70 valence electrons. The van der Waals surface area contributed by atoms with E-state index in [1.165, 1.54) is 6.07 Å². The first-order valence-electron chi connectivity index (χ1n) is 4.31. The van der Waals surface area contributed by atoms with Crippen molar-refractivity contribution in [2.75, 3.05) is 0 Å². The number of halogens is 2. The highest BCUT2D eigenvalue weighted by molar-refractivity contribution is 5.32. The molecule has 1 nitrogen and oxygen atoms in total. The fraction of sp³-hybridized carbons (Fsp3) is 0.400. The minimum absolute atomic E-state index is 0.307. The van der Waals surface area contributed by atoms with Crippen LogP contribution < -0.4 is 0 Å². The van der Waals surface area contributed by atoms with E-state index >= 15 is 0 Å². The zero-order valence-electron chi connectivity index (χ0n) is 7.06. The first-order valence-corrected chi connectivity index (χ1v) is 4.31. The molecule has 0 aromatic heterocycles. The van der Waals surface area contributed by atoms with Gasteiger partial charge < -0.3 is 5.11 Å². The van der Waals surface area contributed by atoms with E-state index in [9.17, 15) is 13.9 Å². The molecule has 0 aliphatic heterocycles. The van der Waals surface area contributed by atoms with Crippen molar-refractivity contribution in [3.05, 3.63) is 34.9 Å². The molecule has 1 N–H and O–H groups in total. The summed E-state index contributed by atoms with van der Waals surface area (Å²) in [6.07, 6.45) is 0.982. The summed E-state index contributed by atoms with van der Waals surface area (Å²) in [6, 6.07) is 2.22. The van der Waals surface area contributed by atoms with Crippen molar-refractivity contribution in [3.8, 4) is 0 Å². The van der Waals surface area contributed by atoms with Crippen LogP contribution in [0.15, 0.2) is 12.1 Å². The Labute approximate surface area is 75.0 Å². The lowest BCUT2D eigenvalue weighted by Crippen LogP contribution is -2.20. The number of aliphatic hydroxyl groups excluding tert-OH is 1. The molecule has 0 amide bonds. The number of rotatable bonds is 0. The summed E-state index contributed by atoms with van der Waals surface area (Å²) in [7, 11) is 0. The van der Waals surface area contributed by atoms with Gasteiger partial charge in [-0.15, -0.1) is 0 Å². The van der Waals surface area contributed by atoms with Crippen molar-refractivity contribution in [1.29, 1.82) is 0 Å². The summed E-state index contributed by atoms with van der Waals surface area (Å²) in [6.45, 7) is 0. The molecule has 2 rings (SSSR count). The van der Waals surface area contributed by atoms with Gasteiger partial charge in [0.1, 0.15) is 11.6 Å². The Morgan fingerprint density at radius 1 is 1.31 bits per heavy atom. The van der Waals surface area contributed by atoms with E-state index in [0.29, 0.717) is 30.4 Å². The molecule has 3 heteroatoms. The predicted molar refractivity (Wildman–Crippen MR) is 44.4 cm³/mol. The van der Waals surface area contributed by atoms with E-state index in [1.54, 1.807) is 0 Å². The van der Waals surface area contributed by atoms with Crippen molar-refractivity contribution in [3.63, 3.8) is 0 Å². The zero-order valence-corrected chi connectivity index (χ0v) is 7.06. The van der Waals surface area contributed by atoms with Gasteiger partial charge in [-0.05, 0) is 30.0 Å². The van der Waals surface area contributed by atoms with Crippen LogP contribution in [0.2, 0.25) is 0 Å². The molecule has 1 aliphatic rings. The van der Waals surface area contributed by atoms with Gasteiger partial charge in [0.15, 0.2) is 0 Å². The quantitative estimate of drug-likeness (QED) is 0.652. The Bertz CT molecular complexity index is 336. The fourth-order valence-electron chi connectivity index (χ4n) is 1.77. The minimum Gasteiger partial charge on any atom is -0.393 e. The van der Waals surface area contributed by atoms with Crippen LogP contribution in [-0.4, -0.2) is 11.2 Å². The molecule has 1 unspecified atom stereocenters. The predicted octanol–water partition coefficient (Wildman–Crippen LogP) is 1.81. The molecule has 0 radical (unpaired) electrons. The average molecular weight is 184 g/mol. The summed E-state index contributed by atoms with van der Waals surface area (Å²) in [5.41, 5.74) is 1.17. The number of aryl methyl sites for hydroxylation is 1. The molecule has 0 heterocycles. The second kappa shape index (κ2) is 3.07. The van der Waals surface area contributed by atoms with Crippen LogP contribution >= 0.6 is 0 Å². The van der Waals surface area contributed by atoms with E-state index < -0.39 is 17.7 Å². The SMILES string of the molecule is OC1CCc2cc(F)cc(F)c2C1. The van der Waals surface area contributed by atoms with Gasteiger partial charge in [0.05, 0.1) is 6.10 Å². The van der Waals surface area contributed by atoms with Crippen LogP contribution in [0.1, 0.15) is 17.5 Å². The highest BCUT2D eigenvalue weighted by Crippen LogP contribution is 2.24. The van der Waals surface area contributed by atoms with Gasteiger partial charge in [0.2, 0.25) is 0 Å². The molecule has 1 aromatic carbocycles. The van der Waals surface area contributed by atoms with E-state index in [4.69, 9.17) is 0 Å². The van der Waals surface area contributed by atoms with Crippen LogP contribution in [-0.2, 0) is 12.8 Å². The second-order valence-corrected chi connectivity index (χ2v) is 3.42. The van der Waals surface area contributed by atoms with Crippen molar-refractivity contribution in [1.82, 2.24) is 0 Å². The van der Waals surface area contributed by atoms with Gasteiger partial charge in [-0.25, -0.2) is 8.78 Å². The summed E-state index contributed by atoms with van der Waals surface area (Å²) < 4.78 is 25.9. The van der Waals surface area contributed by atoms with Crippen LogP contribution in [0, 0.1) is 11.6 Å². The van der Waals surface area contributed by atoms with Crippen LogP contribution in [0.5, 0.6) is 0 Å². The highest BCUT2D eigenvalue weighted by atomic mass is 19.1. The van der Waals surface area contributed by atoms with Crippen molar-refractivity contribution >= 4 is 0 Å². The molecule has 0 bridgehead atoms. The molecule has 0 spiro atoms. The first kappa shape index (κ1) is 8.63. The monoisotopic (exact) mass is 184 g/mol. The highest BCUT2D eigenvalue weighted by Gasteiger charge is 2.20. The van der Waals surface area contributed by atoms with Crippen molar-refractivity contribution in [2.45, 2.75) is 25.4 Å². The Kier molecular flexibility index (Phi) is 2.04. The largest absolute Gasteiger partial charge is 0.393 e.